The maximum absolute atomic E-state index is 8.28. The van der Waals surface area contributed by atoms with E-state index >= 15 is 0 Å². The highest BCUT2D eigenvalue weighted by Crippen LogP contribution is 2.06. The fourth-order valence-corrected chi connectivity index (χ4v) is 1.01. The van der Waals surface area contributed by atoms with Crippen LogP contribution in [0.25, 0.3) is 0 Å². The minimum Gasteiger partial charge on any atom is -0.292 e. The molecular weight excluding hydrogens is 170 g/mol. The minimum absolute atomic E-state index is 0.240. The summed E-state index contributed by atoms with van der Waals surface area (Å²) < 4.78 is 47.0. The summed E-state index contributed by atoms with van der Waals surface area (Å²) in [4.78, 5) is 0.715. The van der Waals surface area contributed by atoms with Gasteiger partial charge in [0.05, 0.1) is 6.54 Å². The maximum Gasteiger partial charge on any atom is 0.0598 e. The van der Waals surface area contributed by atoms with Crippen LogP contribution in [0.2, 0.25) is 0 Å². The van der Waals surface area contributed by atoms with E-state index in [1.54, 1.807) is 18.2 Å². The summed E-state index contributed by atoms with van der Waals surface area (Å²) in [5.74, 6) is 2.18. The number of terminal acetylenes is 1. The van der Waals surface area contributed by atoms with Crippen molar-refractivity contribution in [1.82, 2.24) is 4.90 Å². The van der Waals surface area contributed by atoms with Gasteiger partial charge in [-0.1, -0.05) is 36.3 Å². The van der Waals surface area contributed by atoms with E-state index < -0.39 is 19.4 Å². The Morgan fingerprint density at radius 2 is 2.36 bits per heavy atom. The first-order chi connectivity index (χ1) is 9.05. The summed E-state index contributed by atoms with van der Waals surface area (Å²) in [6.45, 7) is -1.75. The van der Waals surface area contributed by atoms with Gasteiger partial charge in [-0.15, -0.1) is 6.42 Å². The molecule has 1 rings (SSSR count). The molecule has 0 aliphatic rings. The Balaban J connectivity index is 3.29. The van der Waals surface area contributed by atoms with Crippen molar-refractivity contribution in [1.29, 1.82) is 0 Å². The standard InChI is InChI=1S/C13H17N/c1-4-10-14(3)12(2)11-13-8-6-5-7-9-13/h1,5-9,12H,10-11H2,2-3H3/t12-/m1/s1/i3D3,11D2,12D. The van der Waals surface area contributed by atoms with Crippen LogP contribution >= 0.6 is 0 Å². The molecule has 1 aromatic carbocycles. The van der Waals surface area contributed by atoms with Gasteiger partial charge in [-0.2, -0.15) is 0 Å². The van der Waals surface area contributed by atoms with E-state index in [4.69, 9.17) is 14.6 Å². The van der Waals surface area contributed by atoms with Crippen molar-refractivity contribution in [2.45, 2.75) is 19.3 Å². The summed E-state index contributed by atoms with van der Waals surface area (Å²) >= 11 is 0. The summed E-state index contributed by atoms with van der Waals surface area (Å²) in [5, 5.41) is 0. The van der Waals surface area contributed by atoms with Crippen LogP contribution in [0, 0.1) is 12.3 Å². The zero-order valence-corrected chi connectivity index (χ0v) is 8.12. The third-order valence-corrected chi connectivity index (χ3v) is 1.75. The number of likely N-dealkylation sites (N-methyl/N-ethyl adjacent to an activating group) is 1. The predicted molar refractivity (Wildman–Crippen MR) is 61.1 cm³/mol. The van der Waals surface area contributed by atoms with Gasteiger partial charge in [0.2, 0.25) is 0 Å². The van der Waals surface area contributed by atoms with Crippen molar-refractivity contribution < 1.29 is 8.22 Å². The molecule has 0 saturated heterocycles. The largest absolute Gasteiger partial charge is 0.292 e. The molecule has 0 saturated carbocycles. The van der Waals surface area contributed by atoms with Crippen LogP contribution in [0.3, 0.4) is 0 Å². The Morgan fingerprint density at radius 1 is 1.64 bits per heavy atom. The smallest absolute Gasteiger partial charge is 0.0598 e. The van der Waals surface area contributed by atoms with Crippen molar-refractivity contribution in [3.63, 3.8) is 0 Å². The average Bonchev–Trinajstić information content (AvgIpc) is 2.35. The van der Waals surface area contributed by atoms with E-state index in [9.17, 15) is 0 Å². The number of hydrogen-bond donors (Lipinski definition) is 0. The molecule has 0 amide bonds. The topological polar surface area (TPSA) is 3.24 Å². The van der Waals surface area contributed by atoms with Gasteiger partial charge < -0.3 is 0 Å². The molecule has 14 heavy (non-hydrogen) atoms. The summed E-state index contributed by atoms with van der Waals surface area (Å²) in [7, 11) is 0. The fourth-order valence-electron chi connectivity index (χ4n) is 1.01. The highest BCUT2D eigenvalue weighted by molar-refractivity contribution is 5.15. The molecule has 0 aromatic heterocycles. The quantitative estimate of drug-likeness (QED) is 0.663. The van der Waals surface area contributed by atoms with Crippen molar-refractivity contribution in [3.05, 3.63) is 35.9 Å². The monoisotopic (exact) mass is 193 g/mol. The molecular formula is C13H17N. The van der Waals surface area contributed by atoms with E-state index in [0.29, 0.717) is 4.90 Å². The molecule has 0 aliphatic heterocycles. The molecule has 74 valence electrons. The lowest BCUT2D eigenvalue weighted by molar-refractivity contribution is 0.287. The third-order valence-electron chi connectivity index (χ3n) is 1.75. The zero-order chi connectivity index (χ0) is 15.6. The van der Waals surface area contributed by atoms with Crippen LogP contribution in [-0.2, 0) is 6.37 Å². The second-order valence-corrected chi connectivity index (χ2v) is 2.87. The first kappa shape index (κ1) is 5.00. The molecule has 0 bridgehead atoms. The van der Waals surface area contributed by atoms with Gasteiger partial charge in [0, 0.05) is 14.2 Å². The number of nitrogens with zero attached hydrogens (tertiary/aromatic N) is 1. The molecule has 0 spiro atoms. The van der Waals surface area contributed by atoms with E-state index in [1.165, 1.54) is 19.1 Å². The van der Waals surface area contributed by atoms with Crippen LogP contribution in [0.4, 0.5) is 0 Å². The van der Waals surface area contributed by atoms with Crippen LogP contribution < -0.4 is 0 Å². The first-order valence-electron chi connectivity index (χ1n) is 7.32. The second kappa shape index (κ2) is 5.47. The molecule has 0 fully saturated rings. The molecule has 0 N–H and O–H groups in total. The van der Waals surface area contributed by atoms with Gasteiger partial charge in [-0.05, 0) is 25.8 Å². The molecule has 1 aromatic rings. The number of rotatable bonds is 4. The van der Waals surface area contributed by atoms with E-state index in [0.717, 1.165) is 0 Å². The highest BCUT2D eigenvalue weighted by atomic mass is 15.1. The molecule has 0 unspecified atom stereocenters. The zero-order valence-electron chi connectivity index (χ0n) is 14.1. The third kappa shape index (κ3) is 3.24. The maximum atomic E-state index is 8.28. The lowest BCUT2D eigenvalue weighted by Gasteiger charge is -2.22. The lowest BCUT2D eigenvalue weighted by Crippen LogP contribution is -2.31. The van der Waals surface area contributed by atoms with Gasteiger partial charge in [0.1, 0.15) is 0 Å². The van der Waals surface area contributed by atoms with Gasteiger partial charge >= 0.3 is 0 Å². The first-order valence-corrected chi connectivity index (χ1v) is 4.32. The molecule has 0 radical (unpaired) electrons. The normalized spacial score (nSPS) is 22.9. The van der Waals surface area contributed by atoms with Crippen molar-refractivity contribution in [2.24, 2.45) is 0 Å². The van der Waals surface area contributed by atoms with Gasteiger partial charge in [-0.25, -0.2) is 0 Å². The summed E-state index contributed by atoms with van der Waals surface area (Å²) in [6, 6.07) is 6.03. The summed E-state index contributed by atoms with van der Waals surface area (Å²) in [6.07, 6.45) is 2.96. The fraction of sp³-hybridized carbons (Fsp3) is 0.385. The Morgan fingerprint density at radius 3 is 2.93 bits per heavy atom. The molecule has 0 heterocycles. The van der Waals surface area contributed by atoms with Crippen LogP contribution in [0.15, 0.2) is 30.3 Å². The molecule has 1 nitrogen and oxygen atoms in total. The Bertz CT molecular complexity index is 486. The number of hydrogen-bond acceptors (Lipinski definition) is 1. The highest BCUT2D eigenvalue weighted by Gasteiger charge is 2.07. The second-order valence-electron chi connectivity index (χ2n) is 2.87. The Hall–Kier alpha value is -1.26. The lowest BCUT2D eigenvalue weighted by atomic mass is 10.1. The minimum atomic E-state index is -2.65. The summed E-state index contributed by atoms with van der Waals surface area (Å²) in [5.41, 5.74) is 0.240. The molecule has 1 atom stereocenters. The van der Waals surface area contributed by atoms with Crippen molar-refractivity contribution >= 4 is 0 Å². The molecule has 1 heteroatoms. The average molecular weight is 193 g/mol. The van der Waals surface area contributed by atoms with Crippen LogP contribution in [0.5, 0.6) is 0 Å². The Kier molecular flexibility index (Phi) is 1.95. The van der Waals surface area contributed by atoms with Gasteiger partial charge in [-0.3, -0.25) is 4.90 Å². The van der Waals surface area contributed by atoms with Gasteiger partial charge in [0.15, 0.2) is 0 Å². The Labute approximate surface area is 95.2 Å². The van der Waals surface area contributed by atoms with Crippen molar-refractivity contribution in [3.8, 4) is 12.3 Å². The van der Waals surface area contributed by atoms with Gasteiger partial charge in [0.25, 0.3) is 0 Å². The van der Waals surface area contributed by atoms with Crippen LogP contribution in [-0.4, -0.2) is 24.4 Å². The molecule has 0 aliphatic carbocycles. The van der Waals surface area contributed by atoms with E-state index in [-0.39, 0.29) is 12.1 Å². The van der Waals surface area contributed by atoms with Crippen LogP contribution in [0.1, 0.15) is 20.7 Å². The number of benzene rings is 1. The van der Waals surface area contributed by atoms with Crippen molar-refractivity contribution in [2.75, 3.05) is 13.5 Å². The SMILES string of the molecule is [2H]C([2H])([2H])N(CC#C)[C@]([2H])(C)C([2H])([2H])c1ccccc1. The predicted octanol–water partition coefficient (Wildman–Crippen LogP) is 2.18. The van der Waals surface area contributed by atoms with E-state index in [2.05, 4.69) is 5.92 Å². The van der Waals surface area contributed by atoms with E-state index in [1.807, 2.05) is 0 Å².